The Labute approximate surface area is 102 Å². The van der Waals surface area contributed by atoms with E-state index in [1.54, 1.807) is 4.90 Å². The third-order valence-electron chi connectivity index (χ3n) is 3.73. The van der Waals surface area contributed by atoms with E-state index in [9.17, 15) is 14.7 Å². The van der Waals surface area contributed by atoms with Gasteiger partial charge in [0, 0.05) is 6.54 Å². The maximum Gasteiger partial charge on any atom is 0.320 e. The lowest BCUT2D eigenvalue weighted by molar-refractivity contribution is -0.148. The van der Waals surface area contributed by atoms with E-state index in [1.165, 1.54) is 0 Å². The van der Waals surface area contributed by atoms with Gasteiger partial charge in [-0.1, -0.05) is 20.3 Å². The molecule has 3 unspecified atom stereocenters. The molecule has 17 heavy (non-hydrogen) atoms. The summed E-state index contributed by atoms with van der Waals surface area (Å²) in [6.07, 6.45) is 3.13. The minimum Gasteiger partial charge on any atom is -0.480 e. The molecule has 5 nitrogen and oxygen atoms in total. The van der Waals surface area contributed by atoms with Gasteiger partial charge in [0.15, 0.2) is 0 Å². The van der Waals surface area contributed by atoms with Gasteiger partial charge in [0.1, 0.15) is 6.04 Å². The summed E-state index contributed by atoms with van der Waals surface area (Å²) in [6, 6.07) is -1.01. The van der Waals surface area contributed by atoms with Crippen LogP contribution < -0.4 is 5.73 Å². The number of hydrogen-bond donors (Lipinski definition) is 2. The predicted octanol–water partition coefficient (Wildman–Crippen LogP) is 0.826. The molecule has 3 atom stereocenters. The van der Waals surface area contributed by atoms with Crippen molar-refractivity contribution in [2.75, 3.05) is 6.54 Å². The van der Waals surface area contributed by atoms with Gasteiger partial charge in [-0.05, 0) is 25.2 Å². The number of piperidine rings is 1. The first kappa shape index (κ1) is 14.0. The molecule has 0 aromatic heterocycles. The molecule has 1 aliphatic heterocycles. The highest BCUT2D eigenvalue weighted by atomic mass is 16.4. The zero-order valence-electron chi connectivity index (χ0n) is 10.6. The summed E-state index contributed by atoms with van der Waals surface area (Å²) in [5, 5.41) is 9.25. The number of carboxylic acid groups (broad SMARTS) is 1. The van der Waals surface area contributed by atoms with E-state index in [0.717, 1.165) is 12.8 Å². The number of nitrogens with zero attached hydrogens (tertiary/aromatic N) is 1. The van der Waals surface area contributed by atoms with Gasteiger partial charge in [-0.15, -0.1) is 0 Å². The molecule has 0 bridgehead atoms. The van der Waals surface area contributed by atoms with Gasteiger partial charge in [-0.2, -0.15) is 0 Å². The van der Waals surface area contributed by atoms with E-state index < -0.39 is 24.0 Å². The van der Waals surface area contributed by atoms with Gasteiger partial charge in [-0.25, -0.2) is 0 Å². The number of hydrogen-bond acceptors (Lipinski definition) is 3. The molecule has 1 fully saturated rings. The van der Waals surface area contributed by atoms with Gasteiger partial charge in [0.05, 0.1) is 6.04 Å². The monoisotopic (exact) mass is 242 g/mol. The molecular weight excluding hydrogens is 220 g/mol. The van der Waals surface area contributed by atoms with Crippen LogP contribution in [0.1, 0.15) is 39.5 Å². The lowest BCUT2D eigenvalue weighted by Gasteiger charge is -2.40. The van der Waals surface area contributed by atoms with Crippen LogP contribution in [0, 0.1) is 5.92 Å². The van der Waals surface area contributed by atoms with E-state index in [0.29, 0.717) is 25.3 Å². The van der Waals surface area contributed by atoms with Gasteiger partial charge >= 0.3 is 5.97 Å². The van der Waals surface area contributed by atoms with Crippen molar-refractivity contribution in [2.24, 2.45) is 11.7 Å². The number of nitrogens with two attached hydrogens (primary N) is 1. The first-order valence-corrected chi connectivity index (χ1v) is 6.29. The van der Waals surface area contributed by atoms with Crippen molar-refractivity contribution in [1.29, 1.82) is 0 Å². The Morgan fingerprint density at radius 1 is 1.47 bits per heavy atom. The number of rotatable bonds is 5. The molecule has 0 aromatic carbocycles. The number of likely N-dealkylation sites (tertiary alicyclic amines) is 1. The lowest BCUT2D eigenvalue weighted by Crippen LogP contribution is -2.55. The Bertz CT molecular complexity index is 293. The van der Waals surface area contributed by atoms with Gasteiger partial charge < -0.3 is 10.8 Å². The molecule has 1 amide bonds. The van der Waals surface area contributed by atoms with Gasteiger partial charge in [-0.3, -0.25) is 14.5 Å². The zero-order valence-corrected chi connectivity index (χ0v) is 10.6. The second-order valence-corrected chi connectivity index (χ2v) is 4.72. The smallest absolute Gasteiger partial charge is 0.320 e. The minimum absolute atomic E-state index is 0.423. The van der Waals surface area contributed by atoms with Crippen LogP contribution in [0.3, 0.4) is 0 Å². The summed E-state index contributed by atoms with van der Waals surface area (Å²) in [6.45, 7) is 4.59. The summed E-state index contributed by atoms with van der Waals surface area (Å²) < 4.78 is 0. The third-order valence-corrected chi connectivity index (χ3v) is 3.73. The quantitative estimate of drug-likeness (QED) is 0.747. The Morgan fingerprint density at radius 2 is 2.12 bits per heavy atom. The highest BCUT2D eigenvalue weighted by molar-refractivity contribution is 5.81. The molecule has 0 aromatic rings. The molecule has 5 heteroatoms. The molecule has 0 saturated carbocycles. The second kappa shape index (κ2) is 6.00. The summed E-state index contributed by atoms with van der Waals surface area (Å²) in [5.41, 5.74) is 5.33. The van der Waals surface area contributed by atoms with E-state index in [1.807, 2.05) is 6.92 Å². The highest BCUT2D eigenvalue weighted by Crippen LogP contribution is 2.27. The van der Waals surface area contributed by atoms with Crippen LogP contribution in [0.15, 0.2) is 0 Å². The average molecular weight is 242 g/mol. The van der Waals surface area contributed by atoms with Gasteiger partial charge in [0.25, 0.3) is 0 Å². The molecule has 0 spiro atoms. The topological polar surface area (TPSA) is 83.6 Å². The van der Waals surface area contributed by atoms with E-state index in [4.69, 9.17) is 5.73 Å². The van der Waals surface area contributed by atoms with Crippen molar-refractivity contribution in [3.63, 3.8) is 0 Å². The Balaban J connectivity index is 2.82. The molecule has 98 valence electrons. The van der Waals surface area contributed by atoms with Crippen LogP contribution in [0.4, 0.5) is 0 Å². The van der Waals surface area contributed by atoms with Crippen LogP contribution in [-0.2, 0) is 9.59 Å². The number of carbonyl (C=O) groups excluding carboxylic acids is 1. The maximum atomic E-state index is 11.3. The Hall–Kier alpha value is -1.10. The SMILES string of the molecule is CCC1CCN(C(CC)C(N)=O)C(C(=O)O)C1. The van der Waals surface area contributed by atoms with Crippen LogP contribution in [0.5, 0.6) is 0 Å². The normalized spacial score (nSPS) is 27.6. The predicted molar refractivity (Wildman–Crippen MR) is 64.4 cm³/mol. The van der Waals surface area contributed by atoms with E-state index >= 15 is 0 Å². The first-order chi connectivity index (χ1) is 8.01. The molecule has 1 aliphatic rings. The van der Waals surface area contributed by atoms with Crippen LogP contribution in [0.25, 0.3) is 0 Å². The largest absolute Gasteiger partial charge is 0.480 e. The fraction of sp³-hybridized carbons (Fsp3) is 0.833. The van der Waals surface area contributed by atoms with Crippen LogP contribution >= 0.6 is 0 Å². The summed E-state index contributed by atoms with van der Waals surface area (Å²) in [7, 11) is 0. The number of carbonyl (C=O) groups is 2. The summed E-state index contributed by atoms with van der Waals surface area (Å²) >= 11 is 0. The number of carboxylic acids is 1. The number of primary amides is 1. The fourth-order valence-corrected chi connectivity index (χ4v) is 2.64. The summed E-state index contributed by atoms with van der Waals surface area (Å²) in [4.78, 5) is 24.4. The fourth-order valence-electron chi connectivity index (χ4n) is 2.64. The Morgan fingerprint density at radius 3 is 2.53 bits per heavy atom. The maximum absolute atomic E-state index is 11.3. The lowest BCUT2D eigenvalue weighted by atomic mass is 9.87. The molecular formula is C12H22N2O3. The van der Waals surface area contributed by atoms with Crippen molar-refractivity contribution in [1.82, 2.24) is 4.90 Å². The van der Waals surface area contributed by atoms with Crippen molar-refractivity contribution >= 4 is 11.9 Å². The van der Waals surface area contributed by atoms with Crippen molar-refractivity contribution in [3.8, 4) is 0 Å². The number of aliphatic carboxylic acids is 1. The standard InChI is InChI=1S/C12H22N2O3/c1-3-8-5-6-14(9(4-2)11(13)15)10(7-8)12(16)17/h8-10H,3-7H2,1-2H3,(H2,13,15)(H,16,17). The summed E-state index contributed by atoms with van der Waals surface area (Å²) in [5.74, 6) is -0.825. The molecule has 0 radical (unpaired) electrons. The highest BCUT2D eigenvalue weighted by Gasteiger charge is 2.37. The van der Waals surface area contributed by atoms with E-state index in [2.05, 4.69) is 6.92 Å². The van der Waals surface area contributed by atoms with E-state index in [-0.39, 0.29) is 0 Å². The zero-order chi connectivity index (χ0) is 13.0. The molecule has 3 N–H and O–H groups in total. The Kier molecular flexibility index (Phi) is 4.93. The van der Waals surface area contributed by atoms with Crippen molar-refractivity contribution < 1.29 is 14.7 Å². The molecule has 1 saturated heterocycles. The van der Waals surface area contributed by atoms with Gasteiger partial charge in [0.2, 0.25) is 5.91 Å². The minimum atomic E-state index is -0.845. The molecule has 1 rings (SSSR count). The van der Waals surface area contributed by atoms with Crippen LogP contribution in [-0.4, -0.2) is 40.5 Å². The molecule has 1 heterocycles. The van der Waals surface area contributed by atoms with Crippen molar-refractivity contribution in [2.45, 2.75) is 51.6 Å². The second-order valence-electron chi connectivity index (χ2n) is 4.72. The number of amides is 1. The first-order valence-electron chi connectivity index (χ1n) is 6.29. The molecule has 0 aliphatic carbocycles. The van der Waals surface area contributed by atoms with Crippen LogP contribution in [0.2, 0.25) is 0 Å². The third kappa shape index (κ3) is 3.19. The average Bonchev–Trinajstić information content (AvgIpc) is 2.29. The van der Waals surface area contributed by atoms with Crippen molar-refractivity contribution in [3.05, 3.63) is 0 Å².